The Hall–Kier alpha value is -3.12. The third kappa shape index (κ3) is 11.5. The first-order valence-electron chi connectivity index (χ1n) is 15.8. The molecule has 3 rings (SSSR count). The molecule has 6 nitrogen and oxygen atoms in total. The molecule has 0 bridgehead atoms. The fourth-order valence-corrected chi connectivity index (χ4v) is 6.54. The summed E-state index contributed by atoms with van der Waals surface area (Å²) in [7, 11) is 0. The van der Waals surface area contributed by atoms with E-state index in [9.17, 15) is 9.59 Å². The van der Waals surface area contributed by atoms with Crippen LogP contribution in [0, 0.1) is 11.3 Å². The number of benzene rings is 2. The van der Waals surface area contributed by atoms with Crippen LogP contribution < -0.4 is 16.0 Å². The Morgan fingerprint density at radius 2 is 1.40 bits per heavy atom. The summed E-state index contributed by atoms with van der Waals surface area (Å²) in [5.74, 6) is 0.339. The number of piperidine rings is 1. The van der Waals surface area contributed by atoms with E-state index in [-0.39, 0.29) is 29.1 Å². The van der Waals surface area contributed by atoms with Crippen molar-refractivity contribution in [2.24, 2.45) is 11.3 Å². The number of rotatable bonds is 11. The van der Waals surface area contributed by atoms with Crippen LogP contribution in [0.2, 0.25) is 0 Å². The first-order chi connectivity index (χ1) is 20.0. The number of hydrogen-bond acceptors (Lipinski definition) is 4. The maximum Gasteiger partial charge on any atom is 0.408 e. The largest absolute Gasteiger partial charge is 0.444 e. The highest BCUT2D eigenvalue weighted by Crippen LogP contribution is 2.34. The van der Waals surface area contributed by atoms with Gasteiger partial charge in [0.05, 0.1) is 11.5 Å². The van der Waals surface area contributed by atoms with Crippen molar-refractivity contribution < 1.29 is 14.3 Å². The van der Waals surface area contributed by atoms with Gasteiger partial charge in [-0.2, -0.15) is 0 Å². The van der Waals surface area contributed by atoms with Crippen molar-refractivity contribution in [1.82, 2.24) is 16.0 Å². The van der Waals surface area contributed by atoms with Crippen molar-refractivity contribution >= 4 is 12.0 Å². The van der Waals surface area contributed by atoms with Gasteiger partial charge in [-0.3, -0.25) is 4.79 Å². The lowest BCUT2D eigenvalue weighted by Crippen LogP contribution is -2.63. The smallest absolute Gasteiger partial charge is 0.408 e. The van der Waals surface area contributed by atoms with Crippen LogP contribution in [0.1, 0.15) is 92.7 Å². The molecule has 1 aliphatic heterocycles. The first-order valence-corrected chi connectivity index (χ1v) is 15.8. The Morgan fingerprint density at radius 3 is 1.84 bits per heavy atom. The molecule has 3 N–H and O–H groups in total. The Morgan fingerprint density at radius 1 is 0.907 bits per heavy atom. The molecule has 1 atom stereocenters. The van der Waals surface area contributed by atoms with Crippen molar-refractivity contribution in [1.29, 1.82) is 0 Å². The van der Waals surface area contributed by atoms with Gasteiger partial charge >= 0.3 is 6.09 Å². The number of amides is 2. The lowest BCUT2D eigenvalue weighted by atomic mass is 9.73. The maximum absolute atomic E-state index is 14.7. The van der Waals surface area contributed by atoms with E-state index < -0.39 is 17.1 Å². The Bertz CT molecular complexity index is 1160. The summed E-state index contributed by atoms with van der Waals surface area (Å²) in [6, 6.07) is 20.2. The molecule has 0 unspecified atom stereocenters. The van der Waals surface area contributed by atoms with E-state index in [1.165, 1.54) is 0 Å². The van der Waals surface area contributed by atoms with Gasteiger partial charge in [0.1, 0.15) is 5.60 Å². The minimum absolute atomic E-state index is 0.00974. The normalized spacial score (nSPS) is 17.9. The van der Waals surface area contributed by atoms with Gasteiger partial charge in [-0.25, -0.2) is 4.79 Å². The summed E-state index contributed by atoms with van der Waals surface area (Å²) < 4.78 is 5.59. The lowest BCUT2D eigenvalue weighted by molar-refractivity contribution is -0.130. The summed E-state index contributed by atoms with van der Waals surface area (Å²) in [6.07, 6.45) is 7.09. The number of ether oxygens (including phenoxy) is 1. The van der Waals surface area contributed by atoms with Gasteiger partial charge in [0.15, 0.2) is 0 Å². The Balaban J connectivity index is 2.06. The molecular formula is C37H55N3O3. The van der Waals surface area contributed by atoms with Crippen molar-refractivity contribution in [3.63, 3.8) is 0 Å². The van der Waals surface area contributed by atoms with Crippen LogP contribution in [0.3, 0.4) is 0 Å². The Kier molecular flexibility index (Phi) is 11.3. The summed E-state index contributed by atoms with van der Waals surface area (Å²) >= 11 is 0. The highest BCUT2D eigenvalue weighted by atomic mass is 16.6. The van der Waals surface area contributed by atoms with Crippen molar-refractivity contribution in [2.75, 3.05) is 0 Å². The number of carbonyl (C=O) groups excluding carboxylic acids is 2. The average Bonchev–Trinajstić information content (AvgIpc) is 2.85. The molecule has 236 valence electrons. The third-order valence-corrected chi connectivity index (χ3v) is 7.78. The summed E-state index contributed by atoms with van der Waals surface area (Å²) in [5.41, 5.74) is 0.492. The zero-order valence-corrected chi connectivity index (χ0v) is 27.9. The van der Waals surface area contributed by atoms with Crippen LogP contribution in [-0.2, 0) is 22.4 Å². The van der Waals surface area contributed by atoms with E-state index in [0.717, 1.165) is 30.4 Å². The molecule has 0 spiro atoms. The molecule has 1 heterocycles. The molecule has 6 heteroatoms. The standard InChI is InChI=1S/C37H55N3O3/c1-27(2)22-30(39-33(42)43-34(3,4)5)20-21-37(23-28-16-12-10-13-17-28,24-29-18-14-11-15-19-29)32(41)38-31-25-35(6,7)40-36(8,9)26-31/h10-21,27,30-31,40H,22-26H2,1-9H3,(H,38,41)(H,39,42)/b21-20+/t30-/m1/s1. The minimum atomic E-state index is -0.882. The summed E-state index contributed by atoms with van der Waals surface area (Å²) in [5, 5.41) is 10.3. The zero-order valence-electron chi connectivity index (χ0n) is 27.9. The molecule has 43 heavy (non-hydrogen) atoms. The molecule has 2 amide bonds. The van der Waals surface area contributed by atoms with Gasteiger partial charge in [-0.1, -0.05) is 86.7 Å². The summed E-state index contributed by atoms with van der Waals surface area (Å²) in [6.45, 7) is 18.6. The van der Waals surface area contributed by atoms with E-state index in [2.05, 4.69) is 87.8 Å². The van der Waals surface area contributed by atoms with Gasteiger partial charge in [-0.05, 0) is 97.6 Å². The zero-order chi connectivity index (χ0) is 31.9. The minimum Gasteiger partial charge on any atom is -0.444 e. The highest BCUT2D eigenvalue weighted by Gasteiger charge is 2.42. The fourth-order valence-electron chi connectivity index (χ4n) is 6.54. The monoisotopic (exact) mass is 589 g/mol. The lowest BCUT2D eigenvalue weighted by Gasteiger charge is -2.47. The van der Waals surface area contributed by atoms with E-state index in [1.54, 1.807) is 0 Å². The van der Waals surface area contributed by atoms with Gasteiger partial charge in [0.2, 0.25) is 5.91 Å². The van der Waals surface area contributed by atoms with Gasteiger partial charge < -0.3 is 20.7 Å². The number of hydrogen-bond donors (Lipinski definition) is 3. The van der Waals surface area contributed by atoms with Crippen molar-refractivity contribution in [3.05, 3.63) is 83.9 Å². The molecule has 0 aliphatic carbocycles. The van der Waals surface area contributed by atoms with Gasteiger partial charge in [0, 0.05) is 17.1 Å². The molecule has 1 aliphatic rings. The second-order valence-electron chi connectivity index (χ2n) is 15.2. The van der Waals surface area contributed by atoms with E-state index in [1.807, 2.05) is 63.2 Å². The number of alkyl carbamates (subject to hydrolysis) is 1. The quantitative estimate of drug-likeness (QED) is 0.239. The SMILES string of the molecule is CC(C)C[C@@H](/C=C/C(Cc1ccccc1)(Cc1ccccc1)C(=O)NC1CC(C)(C)NC(C)(C)C1)NC(=O)OC(C)(C)C. The average molecular weight is 590 g/mol. The molecule has 0 aromatic heterocycles. The Labute approximate surface area is 260 Å². The van der Waals surface area contributed by atoms with Crippen LogP contribution >= 0.6 is 0 Å². The predicted molar refractivity (Wildman–Crippen MR) is 177 cm³/mol. The second kappa shape index (κ2) is 14.1. The van der Waals surface area contributed by atoms with Crippen LogP contribution in [0.4, 0.5) is 4.79 Å². The molecule has 2 aromatic carbocycles. The topological polar surface area (TPSA) is 79.5 Å². The second-order valence-corrected chi connectivity index (χ2v) is 15.2. The fraction of sp³-hybridized carbons (Fsp3) is 0.568. The van der Waals surface area contributed by atoms with E-state index >= 15 is 0 Å². The van der Waals surface area contributed by atoms with Crippen LogP contribution in [0.15, 0.2) is 72.8 Å². The molecule has 0 radical (unpaired) electrons. The number of carbonyl (C=O) groups is 2. The van der Waals surface area contributed by atoms with Gasteiger partial charge in [0.25, 0.3) is 0 Å². The predicted octanol–water partition coefficient (Wildman–Crippen LogP) is 7.38. The molecule has 1 fully saturated rings. The van der Waals surface area contributed by atoms with Crippen LogP contribution in [0.25, 0.3) is 0 Å². The number of nitrogens with one attached hydrogen (secondary N) is 3. The molecule has 0 saturated carbocycles. The first kappa shape index (κ1) is 34.4. The van der Waals surface area contributed by atoms with Crippen molar-refractivity contribution in [3.8, 4) is 0 Å². The molecule has 2 aromatic rings. The summed E-state index contributed by atoms with van der Waals surface area (Å²) in [4.78, 5) is 27.5. The van der Waals surface area contributed by atoms with Crippen LogP contribution in [0.5, 0.6) is 0 Å². The molecular weight excluding hydrogens is 534 g/mol. The maximum atomic E-state index is 14.7. The third-order valence-electron chi connectivity index (χ3n) is 7.78. The van der Waals surface area contributed by atoms with Gasteiger partial charge in [-0.15, -0.1) is 0 Å². The van der Waals surface area contributed by atoms with E-state index in [4.69, 9.17) is 4.74 Å². The highest BCUT2D eigenvalue weighted by molar-refractivity contribution is 5.86. The van der Waals surface area contributed by atoms with Crippen LogP contribution in [-0.4, -0.2) is 40.8 Å². The van der Waals surface area contributed by atoms with E-state index in [0.29, 0.717) is 18.8 Å². The molecule has 1 saturated heterocycles. The van der Waals surface area contributed by atoms with Crippen molar-refractivity contribution in [2.45, 2.75) is 123 Å².